The van der Waals surface area contributed by atoms with E-state index in [9.17, 15) is 5.11 Å². The van der Waals surface area contributed by atoms with Gasteiger partial charge in [-0.2, -0.15) is 0 Å². The van der Waals surface area contributed by atoms with E-state index < -0.39 is 6.10 Å². The van der Waals surface area contributed by atoms with Gasteiger partial charge in [0.2, 0.25) is 0 Å². The number of rotatable bonds is 3. The molecule has 2 atom stereocenters. The van der Waals surface area contributed by atoms with Crippen LogP contribution in [0.4, 0.5) is 0 Å². The molecule has 21 heavy (non-hydrogen) atoms. The van der Waals surface area contributed by atoms with Gasteiger partial charge in [0.05, 0.1) is 7.11 Å². The van der Waals surface area contributed by atoms with E-state index in [1.165, 1.54) is 0 Å². The average molecular weight is 305 g/mol. The summed E-state index contributed by atoms with van der Waals surface area (Å²) in [6, 6.07) is 11.0. The van der Waals surface area contributed by atoms with E-state index in [-0.39, 0.29) is 6.10 Å². The van der Waals surface area contributed by atoms with Crippen LogP contribution in [0.15, 0.2) is 36.4 Å². The summed E-state index contributed by atoms with van der Waals surface area (Å²) >= 11 is 6.03. The zero-order valence-corrected chi connectivity index (χ0v) is 12.7. The van der Waals surface area contributed by atoms with Crippen molar-refractivity contribution in [1.82, 2.24) is 0 Å². The van der Waals surface area contributed by atoms with Crippen LogP contribution in [0.3, 0.4) is 0 Å². The van der Waals surface area contributed by atoms with Crippen molar-refractivity contribution >= 4 is 11.6 Å². The molecule has 0 fully saturated rings. The van der Waals surface area contributed by atoms with Crippen LogP contribution in [0, 0.1) is 0 Å². The molecule has 0 aliphatic carbocycles. The maximum Gasteiger partial charge on any atom is 0.125 e. The van der Waals surface area contributed by atoms with Gasteiger partial charge in [0.25, 0.3) is 0 Å². The monoisotopic (exact) mass is 304 g/mol. The van der Waals surface area contributed by atoms with E-state index >= 15 is 0 Å². The van der Waals surface area contributed by atoms with Crippen molar-refractivity contribution in [1.29, 1.82) is 0 Å². The van der Waals surface area contributed by atoms with E-state index in [2.05, 4.69) is 0 Å². The standard InChI is InChI=1S/C17H17ClO3/c1-10-7-12-8-11(3-5-15(12)21-10)17(19)14-9-13(18)4-6-16(14)20-2/h3-6,8-10,17,19H,7H2,1-2H3. The quantitative estimate of drug-likeness (QED) is 0.938. The molecular weight excluding hydrogens is 288 g/mol. The molecule has 110 valence electrons. The first-order valence-corrected chi connectivity index (χ1v) is 7.27. The predicted octanol–water partition coefficient (Wildman–Crippen LogP) is 3.75. The highest BCUT2D eigenvalue weighted by Gasteiger charge is 2.22. The van der Waals surface area contributed by atoms with Gasteiger partial charge in [-0.3, -0.25) is 0 Å². The van der Waals surface area contributed by atoms with Gasteiger partial charge in [0.15, 0.2) is 0 Å². The third-order valence-corrected chi connectivity index (χ3v) is 3.96. The number of fused-ring (bicyclic) bond motifs is 1. The molecule has 0 bridgehead atoms. The molecule has 0 radical (unpaired) electrons. The van der Waals surface area contributed by atoms with Crippen LogP contribution in [0.25, 0.3) is 0 Å². The number of aliphatic hydroxyl groups excluding tert-OH is 1. The number of benzene rings is 2. The third kappa shape index (κ3) is 2.71. The maximum absolute atomic E-state index is 10.6. The van der Waals surface area contributed by atoms with E-state index in [0.29, 0.717) is 16.3 Å². The Bertz CT molecular complexity index is 669. The molecule has 0 saturated heterocycles. The number of hydrogen-bond donors (Lipinski definition) is 1. The van der Waals surface area contributed by atoms with Gasteiger partial charge in [-0.15, -0.1) is 0 Å². The summed E-state index contributed by atoms with van der Waals surface area (Å²) < 4.78 is 11.0. The Morgan fingerprint density at radius 3 is 2.86 bits per heavy atom. The summed E-state index contributed by atoms with van der Waals surface area (Å²) in [4.78, 5) is 0. The Morgan fingerprint density at radius 2 is 2.10 bits per heavy atom. The van der Waals surface area contributed by atoms with Gasteiger partial charge in [0.1, 0.15) is 23.7 Å². The van der Waals surface area contributed by atoms with E-state index in [1.54, 1.807) is 25.3 Å². The van der Waals surface area contributed by atoms with Crippen LogP contribution in [0.1, 0.15) is 29.7 Å². The molecule has 1 N–H and O–H groups in total. The second-order valence-electron chi connectivity index (χ2n) is 5.29. The normalized spacial score (nSPS) is 18.0. The second kappa shape index (κ2) is 5.58. The smallest absolute Gasteiger partial charge is 0.125 e. The Kier molecular flexibility index (Phi) is 3.79. The lowest BCUT2D eigenvalue weighted by molar-refractivity contribution is 0.214. The molecule has 2 unspecified atom stereocenters. The average Bonchev–Trinajstić information content (AvgIpc) is 2.85. The highest BCUT2D eigenvalue weighted by Crippen LogP contribution is 2.36. The number of aliphatic hydroxyl groups is 1. The van der Waals surface area contributed by atoms with E-state index in [4.69, 9.17) is 21.1 Å². The summed E-state index contributed by atoms with van der Waals surface area (Å²) in [7, 11) is 1.58. The van der Waals surface area contributed by atoms with Crippen molar-refractivity contribution in [3.8, 4) is 11.5 Å². The van der Waals surface area contributed by atoms with Crippen molar-refractivity contribution in [3.05, 3.63) is 58.1 Å². The summed E-state index contributed by atoms with van der Waals surface area (Å²) in [6.07, 6.45) is 0.274. The van der Waals surface area contributed by atoms with E-state index in [1.807, 2.05) is 25.1 Å². The molecule has 1 heterocycles. The minimum atomic E-state index is -0.778. The van der Waals surface area contributed by atoms with Crippen LogP contribution in [0.5, 0.6) is 11.5 Å². The number of hydrogen-bond acceptors (Lipinski definition) is 3. The Hall–Kier alpha value is -1.71. The van der Waals surface area contributed by atoms with Gasteiger partial charge in [-0.25, -0.2) is 0 Å². The Labute approximate surface area is 129 Å². The van der Waals surface area contributed by atoms with Gasteiger partial charge in [-0.1, -0.05) is 17.7 Å². The molecule has 3 nitrogen and oxygen atoms in total. The SMILES string of the molecule is COc1ccc(Cl)cc1C(O)c1ccc2c(c1)CC(C)O2. The zero-order valence-electron chi connectivity index (χ0n) is 12.0. The fourth-order valence-electron chi connectivity index (χ4n) is 2.71. The molecule has 0 amide bonds. The summed E-state index contributed by atoms with van der Waals surface area (Å²) in [5.41, 5.74) is 2.60. The van der Waals surface area contributed by atoms with Crippen molar-refractivity contribution in [2.45, 2.75) is 25.6 Å². The van der Waals surface area contributed by atoms with Crippen LogP contribution in [-0.2, 0) is 6.42 Å². The molecule has 0 aromatic heterocycles. The molecule has 0 saturated carbocycles. The summed E-state index contributed by atoms with van der Waals surface area (Å²) in [5, 5.41) is 11.2. The summed E-state index contributed by atoms with van der Waals surface area (Å²) in [5.74, 6) is 1.52. The van der Waals surface area contributed by atoms with Gasteiger partial charge < -0.3 is 14.6 Å². The first-order chi connectivity index (χ1) is 10.1. The van der Waals surface area contributed by atoms with Crippen molar-refractivity contribution in [2.24, 2.45) is 0 Å². The lowest BCUT2D eigenvalue weighted by Crippen LogP contribution is -2.05. The van der Waals surface area contributed by atoms with Crippen molar-refractivity contribution < 1.29 is 14.6 Å². The highest BCUT2D eigenvalue weighted by atomic mass is 35.5. The minimum absolute atomic E-state index is 0.188. The molecular formula is C17H17ClO3. The van der Waals surface area contributed by atoms with Crippen LogP contribution in [0.2, 0.25) is 5.02 Å². The van der Waals surface area contributed by atoms with Gasteiger partial charge in [-0.05, 0) is 48.4 Å². The van der Waals surface area contributed by atoms with Crippen molar-refractivity contribution in [2.75, 3.05) is 7.11 Å². The fourth-order valence-corrected chi connectivity index (χ4v) is 2.89. The Balaban J connectivity index is 1.98. The zero-order chi connectivity index (χ0) is 15.0. The van der Waals surface area contributed by atoms with Gasteiger partial charge >= 0.3 is 0 Å². The Morgan fingerprint density at radius 1 is 1.29 bits per heavy atom. The fraction of sp³-hybridized carbons (Fsp3) is 0.294. The van der Waals surface area contributed by atoms with Crippen LogP contribution < -0.4 is 9.47 Å². The summed E-state index contributed by atoms with van der Waals surface area (Å²) in [6.45, 7) is 2.04. The van der Waals surface area contributed by atoms with Crippen LogP contribution in [-0.4, -0.2) is 18.3 Å². The minimum Gasteiger partial charge on any atom is -0.496 e. The topological polar surface area (TPSA) is 38.7 Å². The largest absolute Gasteiger partial charge is 0.496 e. The molecule has 1 aliphatic rings. The molecule has 2 aromatic carbocycles. The third-order valence-electron chi connectivity index (χ3n) is 3.72. The predicted molar refractivity (Wildman–Crippen MR) is 82.3 cm³/mol. The first kappa shape index (κ1) is 14.2. The lowest BCUT2D eigenvalue weighted by atomic mass is 9.98. The highest BCUT2D eigenvalue weighted by molar-refractivity contribution is 6.30. The molecule has 2 aromatic rings. The molecule has 3 rings (SSSR count). The number of ether oxygens (including phenoxy) is 2. The van der Waals surface area contributed by atoms with Crippen molar-refractivity contribution in [3.63, 3.8) is 0 Å². The molecule has 4 heteroatoms. The number of methoxy groups -OCH3 is 1. The molecule has 0 spiro atoms. The van der Waals surface area contributed by atoms with Gasteiger partial charge in [0, 0.05) is 17.0 Å². The number of halogens is 1. The first-order valence-electron chi connectivity index (χ1n) is 6.89. The lowest BCUT2D eigenvalue weighted by Gasteiger charge is -2.16. The van der Waals surface area contributed by atoms with Crippen LogP contribution >= 0.6 is 11.6 Å². The van der Waals surface area contributed by atoms with E-state index in [0.717, 1.165) is 23.3 Å². The molecule has 1 aliphatic heterocycles. The second-order valence-corrected chi connectivity index (χ2v) is 5.72. The maximum atomic E-state index is 10.6.